The first kappa shape index (κ1) is 38.3. The summed E-state index contributed by atoms with van der Waals surface area (Å²) in [6.07, 6.45) is 13.7. The molecular weight excluding hydrogens is 749 g/mol. The zero-order valence-electron chi connectivity index (χ0n) is 33.2. The van der Waals surface area contributed by atoms with E-state index in [4.69, 9.17) is 19.2 Å². The topological polar surface area (TPSA) is 170 Å². The average molecular weight is 803 g/mol. The molecule has 306 valence electrons. The van der Waals surface area contributed by atoms with Crippen LogP contribution in [0.3, 0.4) is 0 Å². The summed E-state index contributed by atoms with van der Waals surface area (Å²) in [7, 11) is -2.36. The zero-order valence-corrected chi connectivity index (χ0v) is 34.0. The van der Waals surface area contributed by atoms with Crippen LogP contribution in [0.1, 0.15) is 114 Å². The Balaban J connectivity index is 1.04. The molecule has 4 heterocycles. The van der Waals surface area contributed by atoms with Crippen LogP contribution in [0.4, 0.5) is 0 Å². The van der Waals surface area contributed by atoms with Crippen molar-refractivity contribution < 1.29 is 41.8 Å². The number of benzene rings is 1. The van der Waals surface area contributed by atoms with Gasteiger partial charge in [-0.2, -0.15) is 0 Å². The number of allylic oxidation sites excluding steroid dienone is 1. The Hall–Kier alpha value is -4.20. The molecule has 1 aromatic heterocycles. The van der Waals surface area contributed by atoms with Crippen molar-refractivity contribution in [2.75, 3.05) is 13.7 Å². The van der Waals surface area contributed by atoms with Crippen LogP contribution in [-0.2, 0) is 40.4 Å². The number of carbonyl (C=O) groups is 4. The first-order valence-corrected chi connectivity index (χ1v) is 22.4. The highest BCUT2D eigenvalue weighted by atomic mass is 32.2. The van der Waals surface area contributed by atoms with Crippen LogP contribution in [0.15, 0.2) is 30.4 Å². The summed E-state index contributed by atoms with van der Waals surface area (Å²) in [5.41, 5.74) is -0.316. The van der Waals surface area contributed by atoms with Crippen LogP contribution in [0.25, 0.3) is 10.9 Å². The van der Waals surface area contributed by atoms with E-state index in [0.29, 0.717) is 55.2 Å². The Morgan fingerprint density at radius 1 is 1.05 bits per heavy atom. The quantitative estimate of drug-likeness (QED) is 0.271. The Morgan fingerprint density at radius 2 is 1.84 bits per heavy atom. The Kier molecular flexibility index (Phi) is 9.21. The highest BCUT2D eigenvalue weighted by Crippen LogP contribution is 2.57. The van der Waals surface area contributed by atoms with Crippen LogP contribution < -0.4 is 19.5 Å². The van der Waals surface area contributed by atoms with Crippen molar-refractivity contribution in [1.29, 1.82) is 0 Å². The van der Waals surface area contributed by atoms with Crippen molar-refractivity contribution in [3.63, 3.8) is 0 Å². The molecule has 0 unspecified atom stereocenters. The number of methoxy groups -OCH3 is 1. The molecule has 9 rings (SSSR count). The van der Waals surface area contributed by atoms with Crippen LogP contribution in [0.2, 0.25) is 0 Å². The number of ether oxygens (including phenoxy) is 3. The molecule has 3 amide bonds. The summed E-state index contributed by atoms with van der Waals surface area (Å²) in [5, 5.41) is 3.91. The number of aryl methyl sites for hydroxylation is 2. The van der Waals surface area contributed by atoms with E-state index in [1.807, 2.05) is 37.3 Å². The summed E-state index contributed by atoms with van der Waals surface area (Å²) in [6, 6.07) is 4.71. The number of esters is 1. The second-order valence-corrected chi connectivity index (χ2v) is 20.5. The molecule has 14 heteroatoms. The maximum atomic E-state index is 15.0. The van der Waals surface area contributed by atoms with Crippen LogP contribution in [-0.4, -0.2) is 83.2 Å². The Morgan fingerprint density at radius 3 is 2.56 bits per heavy atom. The van der Waals surface area contributed by atoms with Gasteiger partial charge in [0.2, 0.25) is 21.8 Å². The van der Waals surface area contributed by atoms with Crippen molar-refractivity contribution in [3.05, 3.63) is 41.6 Å². The number of hydrogen-bond acceptors (Lipinski definition) is 10. The van der Waals surface area contributed by atoms with Crippen molar-refractivity contribution >= 4 is 44.6 Å². The van der Waals surface area contributed by atoms with Gasteiger partial charge in [-0.1, -0.05) is 25.0 Å². The van der Waals surface area contributed by atoms with Gasteiger partial charge in [-0.15, -0.1) is 0 Å². The number of amides is 3. The highest BCUT2D eigenvalue weighted by Gasteiger charge is 2.64. The standard InChI is InChI=1S/C43H54N4O9S/c1-26-36-31(32-22-30(54-3)13-14-33(32)44-26)15-16-41(56-36)24-34-37(49)45-43(39(51)46-57(52,53)40(2)17-18-40)23-29(43)10-8-6-4-5-7-9-27(38(50)47(34)25-41)21-35(48)55-42(19-20-42)28-11-12-28/h8,10,13-14,22,27-29,34H,4-7,9,11-12,15-21,23-25H2,1-3H3,(H,45,49)(H,46,51)/b10-8-/t27-,29-,34+,41-,43-/m1/s1. The third-order valence-electron chi connectivity index (χ3n) is 14.1. The van der Waals surface area contributed by atoms with E-state index in [2.05, 4.69) is 10.0 Å². The molecule has 0 radical (unpaired) electrons. The van der Waals surface area contributed by atoms with Crippen molar-refractivity contribution in [1.82, 2.24) is 19.9 Å². The van der Waals surface area contributed by atoms with E-state index in [-0.39, 0.29) is 43.3 Å². The second kappa shape index (κ2) is 13.7. The van der Waals surface area contributed by atoms with Gasteiger partial charge in [-0.05, 0) is 115 Å². The number of rotatable bonds is 8. The fourth-order valence-electron chi connectivity index (χ4n) is 9.73. The SMILES string of the molecule is COc1ccc2nc(C)c3c(c2c1)CC[C@]1(C[C@H]2C(=O)N[C@]4(C(=O)NS(=O)(=O)C5(C)CC5)C[C@H]4/C=C\CCCCC[C@H](CC(=O)OC4(C5CC5)CC4)C(=O)N2C1)O3. The van der Waals surface area contributed by atoms with Crippen molar-refractivity contribution in [2.45, 2.75) is 144 Å². The van der Waals surface area contributed by atoms with Gasteiger partial charge in [-0.25, -0.2) is 13.4 Å². The molecule has 1 saturated heterocycles. The van der Waals surface area contributed by atoms with Crippen LogP contribution >= 0.6 is 0 Å². The Labute approximate surface area is 334 Å². The fraction of sp³-hybridized carbons (Fsp3) is 0.651. The average Bonchev–Trinajstić information content (AvgIpc) is 3.98. The van der Waals surface area contributed by atoms with Gasteiger partial charge in [0.05, 0.1) is 36.0 Å². The van der Waals surface area contributed by atoms with E-state index < -0.39 is 55.6 Å². The summed E-state index contributed by atoms with van der Waals surface area (Å²) < 4.78 is 46.4. The van der Waals surface area contributed by atoms with Gasteiger partial charge in [0.25, 0.3) is 5.91 Å². The van der Waals surface area contributed by atoms with Crippen LogP contribution in [0.5, 0.6) is 11.5 Å². The summed E-state index contributed by atoms with van der Waals surface area (Å²) in [5.74, 6) is -1.37. The molecule has 4 saturated carbocycles. The molecule has 3 aliphatic heterocycles. The minimum atomic E-state index is -3.98. The van der Waals surface area contributed by atoms with E-state index in [1.54, 1.807) is 18.9 Å². The third-order valence-corrected chi connectivity index (χ3v) is 16.2. The molecule has 5 fully saturated rings. The molecule has 57 heavy (non-hydrogen) atoms. The molecule has 1 aromatic carbocycles. The number of nitrogens with one attached hydrogen (secondary N) is 2. The number of fused-ring (bicyclic) bond motifs is 5. The first-order chi connectivity index (χ1) is 27.2. The molecule has 2 N–H and O–H groups in total. The van der Waals surface area contributed by atoms with E-state index in [0.717, 1.165) is 67.8 Å². The van der Waals surface area contributed by atoms with Gasteiger partial charge < -0.3 is 24.4 Å². The lowest BCUT2D eigenvalue weighted by molar-refractivity contribution is -0.157. The second-order valence-electron chi connectivity index (χ2n) is 18.3. The van der Waals surface area contributed by atoms with Gasteiger partial charge >= 0.3 is 5.97 Å². The minimum absolute atomic E-state index is 0.0728. The predicted molar refractivity (Wildman–Crippen MR) is 210 cm³/mol. The maximum absolute atomic E-state index is 15.0. The molecule has 13 nitrogen and oxygen atoms in total. The van der Waals surface area contributed by atoms with Gasteiger partial charge in [0.1, 0.15) is 34.3 Å². The largest absolute Gasteiger partial charge is 0.497 e. The lowest BCUT2D eigenvalue weighted by Gasteiger charge is -2.36. The molecule has 4 aliphatic carbocycles. The first-order valence-electron chi connectivity index (χ1n) is 20.9. The molecule has 7 aliphatic rings. The lowest BCUT2D eigenvalue weighted by Crippen LogP contribution is -2.57. The molecule has 5 atom stereocenters. The number of nitrogens with zero attached hydrogens (tertiary/aromatic N) is 2. The van der Waals surface area contributed by atoms with Crippen LogP contribution in [0, 0.1) is 24.7 Å². The van der Waals surface area contributed by atoms with Gasteiger partial charge in [-0.3, -0.25) is 23.9 Å². The Bertz CT molecular complexity index is 2180. The smallest absolute Gasteiger partial charge is 0.307 e. The molecular formula is C43H54N4O9S. The number of sulfonamides is 1. The molecule has 1 spiro atoms. The van der Waals surface area contributed by atoms with Crippen molar-refractivity contribution in [2.24, 2.45) is 17.8 Å². The molecule has 0 bridgehead atoms. The number of hydrogen-bond donors (Lipinski definition) is 2. The minimum Gasteiger partial charge on any atom is -0.497 e. The van der Waals surface area contributed by atoms with E-state index in [9.17, 15) is 27.6 Å². The summed E-state index contributed by atoms with van der Waals surface area (Å²) in [4.78, 5) is 63.7. The lowest BCUT2D eigenvalue weighted by atomic mass is 9.87. The van der Waals surface area contributed by atoms with E-state index in [1.165, 1.54) is 0 Å². The zero-order chi connectivity index (χ0) is 40.0. The predicted octanol–water partition coefficient (Wildman–Crippen LogP) is 5.10. The van der Waals surface area contributed by atoms with Gasteiger partial charge in [0.15, 0.2) is 0 Å². The highest BCUT2D eigenvalue weighted by molar-refractivity contribution is 7.91. The number of carbonyl (C=O) groups excluding carboxylic acids is 4. The third kappa shape index (κ3) is 6.97. The summed E-state index contributed by atoms with van der Waals surface area (Å²) >= 11 is 0. The van der Waals surface area contributed by atoms with E-state index >= 15 is 0 Å². The molecule has 2 aromatic rings. The fourth-order valence-corrected chi connectivity index (χ4v) is 11.0. The number of pyridine rings is 1. The normalized spacial score (nSPS) is 32.0. The number of aromatic nitrogens is 1. The maximum Gasteiger partial charge on any atom is 0.307 e. The van der Waals surface area contributed by atoms with Crippen molar-refractivity contribution in [3.8, 4) is 11.5 Å². The summed E-state index contributed by atoms with van der Waals surface area (Å²) in [6.45, 7) is 3.61. The van der Waals surface area contributed by atoms with Gasteiger partial charge in [0, 0.05) is 29.2 Å². The monoisotopic (exact) mass is 802 g/mol.